The highest BCUT2D eigenvalue weighted by atomic mass is 32.2. The molecule has 3 heterocycles. The first-order chi connectivity index (χ1) is 21.1. The van der Waals surface area contributed by atoms with Crippen molar-refractivity contribution in [3.05, 3.63) is 71.4 Å². The second kappa shape index (κ2) is 15.8. The number of carbonyl (C=O) groups is 1. The lowest BCUT2D eigenvalue weighted by molar-refractivity contribution is -0.0177. The number of aromatic nitrogens is 1. The molecule has 0 spiro atoms. The molecule has 0 bridgehead atoms. The van der Waals surface area contributed by atoms with Crippen LogP contribution in [0, 0.1) is 5.92 Å². The molecule has 4 rings (SSSR count). The number of likely N-dealkylation sites (N-methyl/N-ethyl adjacent to an activating group) is 1. The summed E-state index contributed by atoms with van der Waals surface area (Å²) in [5.41, 5.74) is 1.64. The van der Waals surface area contributed by atoms with E-state index in [9.17, 15) is 18.3 Å². The van der Waals surface area contributed by atoms with Gasteiger partial charge in [-0.15, -0.1) is 11.3 Å². The topological polar surface area (TPSA) is 121 Å². The molecular weight excluding hydrogens is 601 g/mol. The van der Waals surface area contributed by atoms with Gasteiger partial charge in [0, 0.05) is 50.2 Å². The number of benzene rings is 1. The Bertz CT molecular complexity index is 1440. The van der Waals surface area contributed by atoms with Crippen LogP contribution < -0.4 is 9.46 Å². The molecule has 4 atom stereocenters. The van der Waals surface area contributed by atoms with E-state index >= 15 is 0 Å². The van der Waals surface area contributed by atoms with Crippen molar-refractivity contribution in [2.75, 3.05) is 38.1 Å². The number of ether oxygens (including phenoxy) is 2. The second-order valence-electron chi connectivity index (χ2n) is 11.6. The summed E-state index contributed by atoms with van der Waals surface area (Å²) < 4.78 is 41.4. The van der Waals surface area contributed by atoms with Gasteiger partial charge in [-0.05, 0) is 87.5 Å². The fourth-order valence-corrected chi connectivity index (χ4v) is 7.28. The third-order valence-electron chi connectivity index (χ3n) is 7.76. The van der Waals surface area contributed by atoms with Gasteiger partial charge in [-0.2, -0.15) is 0 Å². The van der Waals surface area contributed by atoms with Gasteiger partial charge < -0.3 is 19.5 Å². The normalized spacial score (nSPS) is 21.3. The van der Waals surface area contributed by atoms with Crippen molar-refractivity contribution in [3.63, 3.8) is 0 Å². The minimum Gasteiger partial charge on any atom is -0.490 e. The number of thiophene rings is 1. The average molecular weight is 645 g/mol. The van der Waals surface area contributed by atoms with Gasteiger partial charge in [0.15, 0.2) is 0 Å². The number of hydrogen-bond donors (Lipinski definition) is 2. The maximum Gasteiger partial charge on any atom is 0.271 e. The molecule has 240 valence electrons. The Morgan fingerprint density at radius 3 is 2.66 bits per heavy atom. The molecule has 0 saturated heterocycles. The van der Waals surface area contributed by atoms with Crippen LogP contribution in [0.25, 0.3) is 0 Å². The number of nitrogens with zero attached hydrogens (tertiary/aromatic N) is 3. The molecule has 44 heavy (non-hydrogen) atoms. The molecule has 0 aliphatic carbocycles. The number of aliphatic hydroxyl groups is 1. The second-order valence-corrected chi connectivity index (χ2v) is 14.5. The monoisotopic (exact) mass is 644 g/mol. The van der Waals surface area contributed by atoms with Crippen molar-refractivity contribution < 1.29 is 27.8 Å². The Kier molecular flexibility index (Phi) is 12.2. The van der Waals surface area contributed by atoms with Gasteiger partial charge in [-0.25, -0.2) is 8.42 Å². The summed E-state index contributed by atoms with van der Waals surface area (Å²) in [4.78, 5) is 22.2. The minimum atomic E-state index is -3.82. The Balaban J connectivity index is 1.63. The summed E-state index contributed by atoms with van der Waals surface area (Å²) in [6.07, 6.45) is 5.76. The zero-order valence-corrected chi connectivity index (χ0v) is 27.5. The van der Waals surface area contributed by atoms with Crippen LogP contribution in [-0.2, 0) is 21.3 Å². The molecule has 12 heteroatoms. The Hall–Kier alpha value is -3.03. The number of pyridine rings is 1. The third-order valence-corrected chi connectivity index (χ3v) is 10.5. The van der Waals surface area contributed by atoms with E-state index in [1.807, 2.05) is 19.1 Å². The van der Waals surface area contributed by atoms with Crippen LogP contribution in [0.2, 0.25) is 0 Å². The number of rotatable bonds is 9. The highest BCUT2D eigenvalue weighted by molar-refractivity contribution is 7.94. The third kappa shape index (κ3) is 9.24. The van der Waals surface area contributed by atoms with Gasteiger partial charge in [0.2, 0.25) is 0 Å². The molecule has 0 saturated carbocycles. The summed E-state index contributed by atoms with van der Waals surface area (Å²) >= 11 is 1.11. The van der Waals surface area contributed by atoms with E-state index in [1.54, 1.807) is 47.8 Å². The van der Waals surface area contributed by atoms with E-state index in [-0.39, 0.29) is 46.1 Å². The van der Waals surface area contributed by atoms with Crippen molar-refractivity contribution >= 4 is 33.0 Å². The standard InChI is InChI=1S/C32H44N4O6S2/c1-23-19-36(24(2)22-37)32(38)28-18-27(34-44(39,40)31-9-7-17-43-31)10-11-29(28)42-25(3)8-5-6-16-41-30(23)21-35(4)20-26-12-14-33-15-13-26/h7,9-15,17-18,23-25,30,34,37H,5-6,8,16,19-22H2,1-4H3/t23-,24+,25+,30-/m1/s1. The van der Waals surface area contributed by atoms with Crippen molar-refractivity contribution in [3.8, 4) is 5.75 Å². The molecule has 0 fully saturated rings. The Labute approximate surface area is 265 Å². The van der Waals surface area contributed by atoms with E-state index in [0.717, 1.165) is 42.7 Å². The number of hydrogen-bond acceptors (Lipinski definition) is 9. The molecule has 3 aromatic rings. The first-order valence-electron chi connectivity index (χ1n) is 15.0. The molecule has 2 N–H and O–H groups in total. The summed E-state index contributed by atoms with van der Waals surface area (Å²) in [5, 5.41) is 11.9. The number of amides is 1. The fraction of sp³-hybridized carbons (Fsp3) is 0.500. The lowest BCUT2D eigenvalue weighted by Crippen LogP contribution is -2.47. The van der Waals surface area contributed by atoms with Crippen LogP contribution >= 0.6 is 11.3 Å². The van der Waals surface area contributed by atoms with Crippen LogP contribution in [-0.4, -0.2) is 85.8 Å². The lowest BCUT2D eigenvalue weighted by Gasteiger charge is -2.36. The van der Waals surface area contributed by atoms with E-state index in [1.165, 1.54) is 12.1 Å². The van der Waals surface area contributed by atoms with E-state index < -0.39 is 16.1 Å². The van der Waals surface area contributed by atoms with Crippen molar-refractivity contribution in [2.24, 2.45) is 5.92 Å². The predicted octanol–water partition coefficient (Wildman–Crippen LogP) is 4.87. The largest absolute Gasteiger partial charge is 0.490 e. The van der Waals surface area contributed by atoms with E-state index in [0.29, 0.717) is 25.4 Å². The smallest absolute Gasteiger partial charge is 0.271 e. The molecule has 1 aliphatic heterocycles. The van der Waals surface area contributed by atoms with Crippen molar-refractivity contribution in [1.29, 1.82) is 0 Å². The lowest BCUT2D eigenvalue weighted by atomic mass is 10.0. The molecule has 0 unspecified atom stereocenters. The van der Waals surface area contributed by atoms with Crippen molar-refractivity contribution in [1.82, 2.24) is 14.8 Å². The highest BCUT2D eigenvalue weighted by Crippen LogP contribution is 2.30. The molecule has 10 nitrogen and oxygen atoms in total. The highest BCUT2D eigenvalue weighted by Gasteiger charge is 2.30. The van der Waals surface area contributed by atoms with Crippen LogP contribution in [0.3, 0.4) is 0 Å². The summed E-state index contributed by atoms with van der Waals surface area (Å²) in [6.45, 7) is 7.90. The first-order valence-corrected chi connectivity index (χ1v) is 17.4. The van der Waals surface area contributed by atoms with Gasteiger partial charge in [-0.1, -0.05) is 13.0 Å². The summed E-state index contributed by atoms with van der Waals surface area (Å²) in [6, 6.07) is 11.5. The first kappa shape index (κ1) is 33.9. The fourth-order valence-electron chi connectivity index (χ4n) is 5.24. The number of sulfonamides is 1. The molecular formula is C32H44N4O6S2. The minimum absolute atomic E-state index is 0.0698. The quantitative estimate of drug-likeness (QED) is 0.339. The van der Waals surface area contributed by atoms with Gasteiger partial charge in [-0.3, -0.25) is 19.4 Å². The average Bonchev–Trinajstić information content (AvgIpc) is 3.55. The molecule has 1 aliphatic rings. The number of fused-ring (bicyclic) bond motifs is 1. The molecule has 1 amide bonds. The molecule has 2 aromatic heterocycles. The Morgan fingerprint density at radius 1 is 1.18 bits per heavy atom. The van der Waals surface area contributed by atoms with Crippen LogP contribution in [0.4, 0.5) is 5.69 Å². The zero-order chi connectivity index (χ0) is 31.7. The number of carbonyl (C=O) groups excluding carboxylic acids is 1. The van der Waals surface area contributed by atoms with Gasteiger partial charge in [0.05, 0.1) is 30.4 Å². The van der Waals surface area contributed by atoms with E-state index in [4.69, 9.17) is 9.47 Å². The van der Waals surface area contributed by atoms with Crippen LogP contribution in [0.1, 0.15) is 56.0 Å². The van der Waals surface area contributed by atoms with Crippen LogP contribution in [0.5, 0.6) is 5.75 Å². The van der Waals surface area contributed by atoms with Gasteiger partial charge >= 0.3 is 0 Å². The predicted molar refractivity (Wildman–Crippen MR) is 173 cm³/mol. The maximum absolute atomic E-state index is 14.3. The SMILES string of the molecule is C[C@@H]1CN([C@@H](C)CO)C(=O)c2cc(NS(=O)(=O)c3cccs3)ccc2O[C@@H](C)CCCCO[C@@H]1CN(C)Cc1ccncc1. The summed E-state index contributed by atoms with van der Waals surface area (Å²) in [7, 11) is -1.77. The molecule has 1 aromatic carbocycles. The zero-order valence-electron chi connectivity index (χ0n) is 25.9. The van der Waals surface area contributed by atoms with E-state index in [2.05, 4.69) is 28.6 Å². The number of anilines is 1. The Morgan fingerprint density at radius 2 is 1.95 bits per heavy atom. The van der Waals surface area contributed by atoms with Crippen molar-refractivity contribution in [2.45, 2.75) is 69.0 Å². The number of aliphatic hydroxyl groups excluding tert-OH is 1. The molecule has 0 radical (unpaired) electrons. The summed E-state index contributed by atoms with van der Waals surface area (Å²) in [5.74, 6) is -0.0374. The van der Waals surface area contributed by atoms with Gasteiger partial charge in [0.1, 0.15) is 9.96 Å². The maximum atomic E-state index is 14.3. The van der Waals surface area contributed by atoms with Gasteiger partial charge in [0.25, 0.3) is 15.9 Å². The number of nitrogens with one attached hydrogen (secondary N) is 1. The van der Waals surface area contributed by atoms with Crippen LogP contribution in [0.15, 0.2) is 64.4 Å².